The molecule has 0 aromatic heterocycles. The van der Waals surface area contributed by atoms with E-state index in [1.165, 1.54) is 6.07 Å². The van der Waals surface area contributed by atoms with Gasteiger partial charge < -0.3 is 16.2 Å². The SMILES string of the molecule is NC(CNc1ccc(C(=O)O)c(F)c1F)C1CC1. The predicted molar refractivity (Wildman–Crippen MR) is 62.5 cm³/mol. The third-order valence-electron chi connectivity index (χ3n) is 3.07. The molecule has 1 aliphatic carbocycles. The van der Waals surface area contributed by atoms with E-state index in [0.29, 0.717) is 12.5 Å². The van der Waals surface area contributed by atoms with Gasteiger partial charge in [0.05, 0.1) is 11.3 Å². The second-order valence-corrected chi connectivity index (χ2v) is 4.48. The van der Waals surface area contributed by atoms with Gasteiger partial charge in [-0.15, -0.1) is 0 Å². The van der Waals surface area contributed by atoms with Crippen LogP contribution in [0.15, 0.2) is 12.1 Å². The van der Waals surface area contributed by atoms with E-state index >= 15 is 0 Å². The van der Waals surface area contributed by atoms with E-state index < -0.39 is 23.2 Å². The van der Waals surface area contributed by atoms with E-state index in [2.05, 4.69) is 5.32 Å². The summed E-state index contributed by atoms with van der Waals surface area (Å²) in [6, 6.07) is 2.15. The Labute approximate surface area is 103 Å². The molecule has 2 rings (SSSR count). The molecule has 1 fully saturated rings. The van der Waals surface area contributed by atoms with Gasteiger partial charge in [0, 0.05) is 12.6 Å². The summed E-state index contributed by atoms with van der Waals surface area (Å²) < 4.78 is 26.9. The van der Waals surface area contributed by atoms with Crippen molar-refractivity contribution in [3.63, 3.8) is 0 Å². The summed E-state index contributed by atoms with van der Waals surface area (Å²) in [7, 11) is 0. The lowest BCUT2D eigenvalue weighted by Gasteiger charge is -2.13. The maximum Gasteiger partial charge on any atom is 0.338 e. The average Bonchev–Trinajstić information content (AvgIpc) is 3.14. The van der Waals surface area contributed by atoms with Crippen LogP contribution in [0.25, 0.3) is 0 Å². The van der Waals surface area contributed by atoms with Gasteiger partial charge in [-0.2, -0.15) is 0 Å². The molecule has 6 heteroatoms. The first-order chi connectivity index (χ1) is 8.50. The van der Waals surface area contributed by atoms with Crippen molar-refractivity contribution in [1.82, 2.24) is 0 Å². The third kappa shape index (κ3) is 2.59. The molecule has 1 aromatic rings. The smallest absolute Gasteiger partial charge is 0.338 e. The molecule has 4 N–H and O–H groups in total. The predicted octanol–water partition coefficient (Wildman–Crippen LogP) is 1.81. The minimum absolute atomic E-state index is 0.0615. The molecular weight excluding hydrogens is 242 g/mol. The van der Waals surface area contributed by atoms with Crippen LogP contribution in [-0.2, 0) is 0 Å². The molecular formula is C12H14F2N2O2. The molecule has 0 amide bonds. The van der Waals surface area contributed by atoms with Gasteiger partial charge in [-0.3, -0.25) is 0 Å². The molecule has 0 spiro atoms. The van der Waals surface area contributed by atoms with Crippen molar-refractivity contribution in [2.75, 3.05) is 11.9 Å². The first-order valence-electron chi connectivity index (χ1n) is 5.71. The van der Waals surface area contributed by atoms with Crippen molar-refractivity contribution >= 4 is 11.7 Å². The Hall–Kier alpha value is -1.69. The summed E-state index contributed by atoms with van der Waals surface area (Å²) in [5.41, 5.74) is 5.08. The number of benzene rings is 1. The lowest BCUT2D eigenvalue weighted by atomic mass is 10.1. The van der Waals surface area contributed by atoms with Gasteiger partial charge >= 0.3 is 5.97 Å². The number of hydrogen-bond donors (Lipinski definition) is 3. The molecule has 1 saturated carbocycles. The van der Waals surface area contributed by atoms with E-state index in [1.54, 1.807) is 0 Å². The van der Waals surface area contributed by atoms with Crippen LogP contribution in [0.2, 0.25) is 0 Å². The number of anilines is 1. The van der Waals surface area contributed by atoms with Crippen LogP contribution in [-0.4, -0.2) is 23.7 Å². The Morgan fingerprint density at radius 1 is 1.44 bits per heavy atom. The Morgan fingerprint density at radius 3 is 2.67 bits per heavy atom. The highest BCUT2D eigenvalue weighted by Crippen LogP contribution is 2.31. The van der Waals surface area contributed by atoms with Crippen LogP contribution in [0.5, 0.6) is 0 Å². The second-order valence-electron chi connectivity index (χ2n) is 4.48. The summed E-state index contributed by atoms with van der Waals surface area (Å²) >= 11 is 0. The van der Waals surface area contributed by atoms with Crippen molar-refractivity contribution in [2.45, 2.75) is 18.9 Å². The highest BCUT2D eigenvalue weighted by atomic mass is 19.2. The first kappa shape index (κ1) is 12.8. The molecule has 0 radical (unpaired) electrons. The largest absolute Gasteiger partial charge is 0.478 e. The maximum absolute atomic E-state index is 13.5. The Morgan fingerprint density at radius 2 is 2.11 bits per heavy atom. The van der Waals surface area contributed by atoms with E-state index in [-0.39, 0.29) is 11.7 Å². The summed E-state index contributed by atoms with van der Waals surface area (Å²) in [6.07, 6.45) is 2.13. The molecule has 1 unspecified atom stereocenters. The quantitative estimate of drug-likeness (QED) is 0.751. The fourth-order valence-corrected chi connectivity index (χ4v) is 1.77. The zero-order valence-corrected chi connectivity index (χ0v) is 9.62. The molecule has 1 aromatic carbocycles. The van der Waals surface area contributed by atoms with Crippen LogP contribution in [0, 0.1) is 17.6 Å². The molecule has 4 nitrogen and oxygen atoms in total. The van der Waals surface area contributed by atoms with E-state index in [9.17, 15) is 13.6 Å². The number of nitrogens with one attached hydrogen (secondary N) is 1. The zero-order chi connectivity index (χ0) is 13.3. The van der Waals surface area contributed by atoms with Crippen LogP contribution in [0.1, 0.15) is 23.2 Å². The third-order valence-corrected chi connectivity index (χ3v) is 3.07. The number of aromatic carboxylic acids is 1. The molecule has 0 saturated heterocycles. The highest BCUT2D eigenvalue weighted by molar-refractivity contribution is 5.88. The Bertz CT molecular complexity index is 475. The summed E-state index contributed by atoms with van der Waals surface area (Å²) in [5.74, 6) is -3.58. The number of carboxylic acids is 1. The molecule has 18 heavy (non-hydrogen) atoms. The van der Waals surface area contributed by atoms with Gasteiger partial charge in [0.15, 0.2) is 11.6 Å². The molecule has 1 aliphatic rings. The fraction of sp³-hybridized carbons (Fsp3) is 0.417. The minimum atomic E-state index is -1.49. The van der Waals surface area contributed by atoms with Gasteiger partial charge in [-0.05, 0) is 30.9 Å². The average molecular weight is 256 g/mol. The summed E-state index contributed by atoms with van der Waals surface area (Å²) in [4.78, 5) is 10.6. The van der Waals surface area contributed by atoms with Gasteiger partial charge in [0.2, 0.25) is 0 Å². The number of halogens is 2. The van der Waals surface area contributed by atoms with Crippen LogP contribution in [0.3, 0.4) is 0 Å². The first-order valence-corrected chi connectivity index (χ1v) is 5.71. The second kappa shape index (κ2) is 4.89. The number of carboxylic acid groups (broad SMARTS) is 1. The van der Waals surface area contributed by atoms with Crippen molar-refractivity contribution in [1.29, 1.82) is 0 Å². The van der Waals surface area contributed by atoms with Crippen LogP contribution in [0.4, 0.5) is 14.5 Å². The monoisotopic (exact) mass is 256 g/mol. The highest BCUT2D eigenvalue weighted by Gasteiger charge is 2.28. The molecule has 0 heterocycles. The van der Waals surface area contributed by atoms with Gasteiger partial charge in [0.25, 0.3) is 0 Å². The molecule has 0 aliphatic heterocycles. The molecule has 0 bridgehead atoms. The number of hydrogen-bond acceptors (Lipinski definition) is 3. The van der Waals surface area contributed by atoms with Crippen molar-refractivity contribution in [3.05, 3.63) is 29.3 Å². The van der Waals surface area contributed by atoms with Crippen LogP contribution < -0.4 is 11.1 Å². The van der Waals surface area contributed by atoms with Gasteiger partial charge in [-0.1, -0.05) is 0 Å². The zero-order valence-electron chi connectivity index (χ0n) is 9.62. The van der Waals surface area contributed by atoms with Crippen molar-refractivity contribution in [2.24, 2.45) is 11.7 Å². The van der Waals surface area contributed by atoms with Crippen molar-refractivity contribution < 1.29 is 18.7 Å². The Balaban J connectivity index is 2.08. The maximum atomic E-state index is 13.5. The minimum Gasteiger partial charge on any atom is -0.478 e. The normalized spacial score (nSPS) is 16.4. The van der Waals surface area contributed by atoms with Crippen molar-refractivity contribution in [3.8, 4) is 0 Å². The van der Waals surface area contributed by atoms with Gasteiger partial charge in [-0.25, -0.2) is 13.6 Å². The number of nitrogens with two attached hydrogens (primary N) is 1. The Kier molecular flexibility index (Phi) is 3.47. The fourth-order valence-electron chi connectivity index (χ4n) is 1.77. The van der Waals surface area contributed by atoms with E-state index in [0.717, 1.165) is 18.9 Å². The standard InChI is InChI=1S/C12H14F2N2O2/c13-10-7(12(17)18)3-4-9(11(10)14)16-5-8(15)6-1-2-6/h3-4,6,8,16H,1-2,5,15H2,(H,17,18). The number of rotatable bonds is 5. The lowest BCUT2D eigenvalue weighted by Crippen LogP contribution is -2.31. The lowest BCUT2D eigenvalue weighted by molar-refractivity contribution is 0.0690. The van der Waals surface area contributed by atoms with E-state index in [4.69, 9.17) is 10.8 Å². The number of carbonyl (C=O) groups is 1. The summed E-state index contributed by atoms with van der Waals surface area (Å²) in [5, 5.41) is 11.3. The van der Waals surface area contributed by atoms with E-state index in [1.807, 2.05) is 0 Å². The van der Waals surface area contributed by atoms with Gasteiger partial charge in [0.1, 0.15) is 0 Å². The summed E-state index contributed by atoms with van der Waals surface area (Å²) in [6.45, 7) is 0.341. The van der Waals surface area contributed by atoms with Crippen LogP contribution >= 0.6 is 0 Å². The molecule has 98 valence electrons. The molecule has 1 atom stereocenters. The topological polar surface area (TPSA) is 75.3 Å².